The highest BCUT2D eigenvalue weighted by Crippen LogP contribution is 2.78. The maximum absolute atomic E-state index is 15.2. The van der Waals surface area contributed by atoms with Crippen molar-refractivity contribution in [1.82, 2.24) is 4.90 Å². The largest absolute Gasteiger partial charge is 0.393 e. The third-order valence-electron chi connectivity index (χ3n) is 13.8. The first kappa shape index (κ1) is 28.9. The summed E-state index contributed by atoms with van der Waals surface area (Å²) in [6, 6.07) is 18.3. The maximum Gasteiger partial charge on any atom is 0.190 e. The second-order valence-electron chi connectivity index (χ2n) is 15.4. The Morgan fingerprint density at radius 3 is 2.36 bits per heavy atom. The molecule has 2 spiro atoms. The number of allylic oxidation sites excluding steroid dienone is 4. The number of aliphatic hydroxyl groups is 2. The van der Waals surface area contributed by atoms with Crippen molar-refractivity contribution in [3.8, 4) is 11.1 Å². The lowest BCUT2D eigenvalue weighted by Gasteiger charge is -2.71. The number of ketones is 1. The lowest BCUT2D eigenvalue weighted by molar-refractivity contribution is -0.178. The van der Waals surface area contributed by atoms with Crippen molar-refractivity contribution in [2.24, 2.45) is 33.5 Å². The molecule has 0 aromatic heterocycles. The molecule has 7 aliphatic rings. The van der Waals surface area contributed by atoms with Gasteiger partial charge in [-0.15, -0.1) is 0 Å². The van der Waals surface area contributed by atoms with E-state index in [9.17, 15) is 10.2 Å². The number of hydrogen-bond acceptors (Lipinski definition) is 5. The highest BCUT2D eigenvalue weighted by molar-refractivity contribution is 6.14. The number of nitrogens with zero attached hydrogens (tertiary/aromatic N) is 1. The van der Waals surface area contributed by atoms with Crippen molar-refractivity contribution in [3.63, 3.8) is 0 Å². The van der Waals surface area contributed by atoms with E-state index >= 15 is 4.79 Å². The summed E-state index contributed by atoms with van der Waals surface area (Å²) in [6.07, 6.45) is 12.9. The molecule has 9 rings (SSSR count). The zero-order valence-electron chi connectivity index (χ0n) is 26.3. The molecule has 3 saturated carbocycles. The average molecular weight is 594 g/mol. The summed E-state index contributed by atoms with van der Waals surface area (Å²) in [7, 11) is 0. The molecule has 8 atom stereocenters. The molecule has 2 N–H and O–H groups in total. The number of hydrogen-bond donors (Lipinski definition) is 2. The van der Waals surface area contributed by atoms with Crippen molar-refractivity contribution < 1.29 is 19.7 Å². The van der Waals surface area contributed by atoms with Crippen LogP contribution in [0.25, 0.3) is 11.1 Å². The van der Waals surface area contributed by atoms with Gasteiger partial charge in [0.2, 0.25) is 0 Å². The van der Waals surface area contributed by atoms with E-state index in [1.807, 2.05) is 36.4 Å². The molecule has 1 heterocycles. The summed E-state index contributed by atoms with van der Waals surface area (Å²) >= 11 is 0. The lowest BCUT2D eigenvalue weighted by Crippen LogP contribution is -2.67. The molecule has 2 aromatic rings. The quantitative estimate of drug-likeness (QED) is 0.308. The van der Waals surface area contributed by atoms with Crippen LogP contribution in [0.15, 0.2) is 78.4 Å². The van der Waals surface area contributed by atoms with E-state index < -0.39 is 11.0 Å². The summed E-state index contributed by atoms with van der Waals surface area (Å²) in [5, 5.41) is 23.7. The fourth-order valence-corrected chi connectivity index (χ4v) is 11.4. The standard InChI is InChI=1S/C39H47NO4/c1-35-15-12-28(41)24-37(35)18-19-39(31(25-37)34(42)30-11-7-6-10-29(30)27-8-4-3-5-9-27)32(35)13-16-36(2)33(39)14-17-38(36,43)26-40-20-22-44-23-21-40/h3-11,18-19,25,28,32-33,41,43H,12-17,20-24,26H2,1-2H3/t28?,32-,33-,35-,36+,37+,38-,39-/m1/s1. The van der Waals surface area contributed by atoms with Gasteiger partial charge in [-0.05, 0) is 73.3 Å². The van der Waals surface area contributed by atoms with Gasteiger partial charge in [0.05, 0.1) is 24.9 Å². The molecule has 5 heteroatoms. The Hall–Kier alpha value is -2.57. The first-order valence-electron chi connectivity index (χ1n) is 17.0. The minimum atomic E-state index is -0.811. The first-order valence-corrected chi connectivity index (χ1v) is 17.0. The highest BCUT2D eigenvalue weighted by Gasteiger charge is 2.74. The number of rotatable bonds is 5. The van der Waals surface area contributed by atoms with Crippen LogP contribution in [0.5, 0.6) is 0 Å². The predicted molar refractivity (Wildman–Crippen MR) is 172 cm³/mol. The van der Waals surface area contributed by atoms with Crippen LogP contribution in [0.3, 0.4) is 0 Å². The Balaban J connectivity index is 1.28. The molecule has 1 aliphatic heterocycles. The SMILES string of the molecule is C[C@]12CC[C@H]3[C@]4(C=C[C@@]5(C=C4C(=O)c4ccccc4-c4ccccc4)CC(O)CC[C@]35C)[C@@H]1CC[C@@]2(O)CN1CCOCC1. The van der Waals surface area contributed by atoms with Gasteiger partial charge in [-0.2, -0.15) is 0 Å². The molecule has 6 aliphatic carbocycles. The number of carbonyl (C=O) groups is 1. The Kier molecular flexibility index (Phi) is 6.54. The zero-order valence-corrected chi connectivity index (χ0v) is 26.3. The normalized spacial score (nSPS) is 42.7. The van der Waals surface area contributed by atoms with Gasteiger partial charge >= 0.3 is 0 Å². The topological polar surface area (TPSA) is 70.0 Å². The first-order chi connectivity index (χ1) is 21.2. The van der Waals surface area contributed by atoms with Gasteiger partial charge < -0.3 is 14.9 Å². The Bertz CT molecular complexity index is 1530. The number of ether oxygens (including phenoxy) is 1. The van der Waals surface area contributed by atoms with Gasteiger partial charge in [-0.25, -0.2) is 0 Å². The van der Waals surface area contributed by atoms with E-state index in [0.29, 0.717) is 18.9 Å². The van der Waals surface area contributed by atoms with Gasteiger partial charge in [-0.3, -0.25) is 9.69 Å². The second-order valence-corrected chi connectivity index (χ2v) is 15.4. The minimum Gasteiger partial charge on any atom is -0.393 e. The van der Waals surface area contributed by atoms with Gasteiger partial charge in [-0.1, -0.05) is 86.7 Å². The fraction of sp³-hybridized carbons (Fsp3) is 0.564. The molecule has 4 fully saturated rings. The molecule has 232 valence electrons. The maximum atomic E-state index is 15.2. The molecule has 1 saturated heterocycles. The van der Waals surface area contributed by atoms with Gasteiger partial charge in [0, 0.05) is 47.0 Å². The molecular weight excluding hydrogens is 546 g/mol. The van der Waals surface area contributed by atoms with Crippen molar-refractivity contribution in [2.45, 2.75) is 70.5 Å². The number of β-amino-alcohol motifs (C(OH)–C–C–N with tert-alkyl or cyclic N) is 1. The van der Waals surface area contributed by atoms with E-state index in [0.717, 1.165) is 87.1 Å². The van der Waals surface area contributed by atoms with Gasteiger partial charge in [0.1, 0.15) is 0 Å². The minimum absolute atomic E-state index is 0.0318. The van der Waals surface area contributed by atoms with Crippen LogP contribution in [-0.2, 0) is 4.74 Å². The summed E-state index contributed by atoms with van der Waals surface area (Å²) in [6.45, 7) is 8.63. The number of benzene rings is 2. The number of aliphatic hydroxyl groups excluding tert-OH is 1. The monoisotopic (exact) mass is 593 g/mol. The third-order valence-corrected chi connectivity index (χ3v) is 13.8. The van der Waals surface area contributed by atoms with Crippen molar-refractivity contribution in [3.05, 3.63) is 84.0 Å². The highest BCUT2D eigenvalue weighted by atomic mass is 16.5. The summed E-state index contributed by atoms with van der Waals surface area (Å²) in [4.78, 5) is 17.6. The molecular formula is C39H47NO4. The Morgan fingerprint density at radius 1 is 0.886 bits per heavy atom. The molecule has 5 nitrogen and oxygen atoms in total. The van der Waals surface area contributed by atoms with E-state index in [1.165, 1.54) is 0 Å². The average Bonchev–Trinajstić information content (AvgIpc) is 3.31. The van der Waals surface area contributed by atoms with Crippen LogP contribution in [0.2, 0.25) is 0 Å². The summed E-state index contributed by atoms with van der Waals surface area (Å²) in [5.41, 5.74) is 1.76. The fourth-order valence-electron chi connectivity index (χ4n) is 11.4. The predicted octanol–water partition coefficient (Wildman–Crippen LogP) is 6.46. The van der Waals surface area contributed by atoms with E-state index in [-0.39, 0.29) is 34.1 Å². The van der Waals surface area contributed by atoms with Gasteiger partial charge in [0.25, 0.3) is 0 Å². The van der Waals surface area contributed by atoms with E-state index in [4.69, 9.17) is 4.74 Å². The summed E-state index contributed by atoms with van der Waals surface area (Å²) < 4.78 is 5.64. The van der Waals surface area contributed by atoms with Crippen LogP contribution in [0.4, 0.5) is 0 Å². The van der Waals surface area contributed by atoms with Crippen LogP contribution >= 0.6 is 0 Å². The molecule has 2 aromatic carbocycles. The van der Waals surface area contributed by atoms with Crippen LogP contribution in [-0.4, -0.2) is 65.4 Å². The van der Waals surface area contributed by atoms with Gasteiger partial charge in [0.15, 0.2) is 5.78 Å². The number of fused-ring (bicyclic) bond motifs is 1. The van der Waals surface area contributed by atoms with Crippen LogP contribution in [0, 0.1) is 33.5 Å². The molecule has 0 amide bonds. The zero-order chi connectivity index (χ0) is 30.4. The van der Waals surface area contributed by atoms with Crippen LogP contribution in [0.1, 0.15) is 69.2 Å². The van der Waals surface area contributed by atoms with Crippen molar-refractivity contribution >= 4 is 5.78 Å². The lowest BCUT2D eigenvalue weighted by atomic mass is 9.32. The van der Waals surface area contributed by atoms with Crippen molar-refractivity contribution in [2.75, 3.05) is 32.8 Å². The van der Waals surface area contributed by atoms with E-state index in [2.05, 4.69) is 55.2 Å². The Labute approximate surface area is 262 Å². The molecule has 44 heavy (non-hydrogen) atoms. The second kappa shape index (κ2) is 9.96. The third kappa shape index (κ3) is 3.76. The van der Waals surface area contributed by atoms with E-state index in [1.54, 1.807) is 0 Å². The van der Waals surface area contributed by atoms with Crippen molar-refractivity contribution in [1.29, 1.82) is 0 Å². The number of carbonyl (C=O) groups excluding carboxylic acids is 1. The summed E-state index contributed by atoms with van der Waals surface area (Å²) in [5.74, 6) is 0.578. The number of Topliss-reactive ketones (excluding diaryl/α,β-unsaturated/α-hetero) is 1. The molecule has 1 unspecified atom stereocenters. The Morgan fingerprint density at radius 2 is 1.57 bits per heavy atom. The molecule has 2 bridgehead atoms. The van der Waals surface area contributed by atoms with Crippen LogP contribution < -0.4 is 0 Å². The smallest absolute Gasteiger partial charge is 0.190 e. The number of morpholine rings is 1. The molecule has 0 radical (unpaired) electrons.